The zero-order valence-electron chi connectivity index (χ0n) is 8.70. The van der Waals surface area contributed by atoms with Crippen LogP contribution in [0.4, 0.5) is 14.9 Å². The molecule has 0 aromatic heterocycles. The summed E-state index contributed by atoms with van der Waals surface area (Å²) in [5, 5.41) is 4.76. The number of anilines is 1. The molecule has 1 heterocycles. The molecule has 2 rings (SSSR count). The molecule has 2 N–H and O–H groups in total. The number of hydrogen-bond donors (Lipinski definition) is 2. The van der Waals surface area contributed by atoms with E-state index in [1.807, 2.05) is 0 Å². The molecule has 0 saturated carbocycles. The minimum absolute atomic E-state index is 0.0915. The first-order valence-electron chi connectivity index (χ1n) is 4.85. The van der Waals surface area contributed by atoms with Gasteiger partial charge in [0.05, 0.1) is 5.69 Å². The Balaban J connectivity index is 1.96. The minimum atomic E-state index is -0.559. The van der Waals surface area contributed by atoms with Gasteiger partial charge in [-0.1, -0.05) is 23.9 Å². The van der Waals surface area contributed by atoms with Gasteiger partial charge >= 0.3 is 6.03 Å². The van der Waals surface area contributed by atoms with Crippen LogP contribution >= 0.6 is 11.8 Å². The minimum Gasteiger partial charge on any atom is -0.310 e. The van der Waals surface area contributed by atoms with E-state index >= 15 is 0 Å². The number of para-hydroxylation sites is 1. The largest absolute Gasteiger partial charge is 0.323 e. The van der Waals surface area contributed by atoms with Crippen LogP contribution in [0.2, 0.25) is 0 Å². The van der Waals surface area contributed by atoms with Gasteiger partial charge < -0.3 is 10.6 Å². The fourth-order valence-electron chi connectivity index (χ4n) is 1.31. The highest BCUT2D eigenvalue weighted by Gasteiger charge is 2.15. The number of thioether (sulfide) groups is 1. The van der Waals surface area contributed by atoms with Crippen molar-refractivity contribution in [2.24, 2.45) is 0 Å². The molecule has 0 unspecified atom stereocenters. The summed E-state index contributed by atoms with van der Waals surface area (Å²) in [6.07, 6.45) is 1.35. The summed E-state index contributed by atoms with van der Waals surface area (Å²) in [7, 11) is 0. The molecule has 0 aliphatic carbocycles. The number of carbonyl (C=O) groups is 2. The first kappa shape index (κ1) is 11.7. The highest BCUT2D eigenvalue weighted by molar-refractivity contribution is 8.14. The van der Waals surface area contributed by atoms with Gasteiger partial charge in [0, 0.05) is 17.5 Å². The van der Waals surface area contributed by atoms with Gasteiger partial charge in [-0.2, -0.15) is 0 Å². The first-order chi connectivity index (χ1) is 8.15. The highest BCUT2D eigenvalue weighted by Crippen LogP contribution is 2.17. The summed E-state index contributed by atoms with van der Waals surface area (Å²) < 4.78 is 13.2. The van der Waals surface area contributed by atoms with E-state index in [1.165, 1.54) is 24.3 Å². The maximum absolute atomic E-state index is 13.2. The van der Waals surface area contributed by atoms with Crippen molar-refractivity contribution in [1.82, 2.24) is 5.32 Å². The van der Waals surface area contributed by atoms with Crippen LogP contribution in [0.5, 0.6) is 0 Å². The molecule has 0 radical (unpaired) electrons. The average molecular weight is 252 g/mol. The number of carbonyl (C=O) groups excluding carboxylic acids is 2. The van der Waals surface area contributed by atoms with E-state index in [9.17, 15) is 14.0 Å². The SMILES string of the molecule is O=C(NC1=CC(=O)SC1)Nc1ccccc1F. The van der Waals surface area contributed by atoms with Crippen LogP contribution in [0, 0.1) is 5.82 Å². The summed E-state index contributed by atoms with van der Waals surface area (Å²) in [5.41, 5.74) is 0.622. The molecule has 0 spiro atoms. The second-order valence-electron chi connectivity index (χ2n) is 3.34. The number of urea groups is 1. The molecule has 1 aromatic carbocycles. The molecule has 0 atom stereocenters. The molecular formula is C11H9FN2O2S. The van der Waals surface area contributed by atoms with Gasteiger partial charge in [0.1, 0.15) is 5.82 Å². The summed E-state index contributed by atoms with van der Waals surface area (Å²) in [4.78, 5) is 22.4. The summed E-state index contributed by atoms with van der Waals surface area (Å²) in [6.45, 7) is 0. The van der Waals surface area contributed by atoms with Crippen molar-refractivity contribution in [1.29, 1.82) is 0 Å². The predicted molar refractivity (Wildman–Crippen MR) is 64.1 cm³/mol. The van der Waals surface area contributed by atoms with Gasteiger partial charge in [0.2, 0.25) is 5.12 Å². The molecule has 1 aliphatic rings. The second kappa shape index (κ2) is 5.01. The van der Waals surface area contributed by atoms with Crippen molar-refractivity contribution >= 4 is 28.6 Å². The Hall–Kier alpha value is -1.82. The Labute approximate surface area is 101 Å². The average Bonchev–Trinajstić information content (AvgIpc) is 2.67. The Kier molecular flexibility index (Phi) is 3.43. The zero-order valence-corrected chi connectivity index (χ0v) is 9.51. The van der Waals surface area contributed by atoms with Gasteiger partial charge in [0.15, 0.2) is 0 Å². The Morgan fingerprint density at radius 2 is 2.06 bits per heavy atom. The lowest BCUT2D eigenvalue weighted by molar-refractivity contribution is -0.106. The maximum Gasteiger partial charge on any atom is 0.323 e. The fourth-order valence-corrected chi connectivity index (χ4v) is 1.99. The van der Waals surface area contributed by atoms with E-state index in [4.69, 9.17) is 0 Å². The van der Waals surface area contributed by atoms with Gasteiger partial charge in [-0.05, 0) is 12.1 Å². The predicted octanol–water partition coefficient (Wildman–Crippen LogP) is 2.10. The Morgan fingerprint density at radius 1 is 1.29 bits per heavy atom. The van der Waals surface area contributed by atoms with Crippen LogP contribution < -0.4 is 10.6 Å². The van der Waals surface area contributed by atoms with Crippen molar-refractivity contribution in [3.8, 4) is 0 Å². The fraction of sp³-hybridized carbons (Fsp3) is 0.0909. The van der Waals surface area contributed by atoms with Crippen LogP contribution in [-0.4, -0.2) is 16.9 Å². The van der Waals surface area contributed by atoms with E-state index in [1.54, 1.807) is 6.07 Å². The normalized spacial score (nSPS) is 14.4. The van der Waals surface area contributed by atoms with Crippen LogP contribution in [0.15, 0.2) is 36.0 Å². The Morgan fingerprint density at radius 3 is 2.71 bits per heavy atom. The third kappa shape index (κ3) is 3.07. The van der Waals surface area contributed by atoms with E-state index in [0.717, 1.165) is 11.8 Å². The smallest absolute Gasteiger partial charge is 0.310 e. The lowest BCUT2D eigenvalue weighted by atomic mass is 10.3. The number of rotatable bonds is 2. The number of halogens is 1. The quantitative estimate of drug-likeness (QED) is 0.847. The molecule has 0 saturated heterocycles. The molecule has 4 nitrogen and oxygen atoms in total. The molecule has 0 fully saturated rings. The molecule has 0 bridgehead atoms. The van der Waals surface area contributed by atoms with Crippen LogP contribution in [0.1, 0.15) is 0 Å². The van der Waals surface area contributed by atoms with Crippen molar-refractivity contribution in [3.63, 3.8) is 0 Å². The summed E-state index contributed by atoms with van der Waals surface area (Å²) in [6, 6.07) is 5.30. The number of hydrogen-bond acceptors (Lipinski definition) is 3. The molecule has 88 valence electrons. The van der Waals surface area contributed by atoms with Gasteiger partial charge in [-0.15, -0.1) is 0 Å². The first-order valence-corrected chi connectivity index (χ1v) is 5.83. The van der Waals surface area contributed by atoms with E-state index in [2.05, 4.69) is 10.6 Å². The standard InChI is InChI=1S/C11H9FN2O2S/c12-8-3-1-2-4-9(8)14-11(16)13-7-5-10(15)17-6-7/h1-5H,6H2,(H2,13,14,16). The van der Waals surface area contributed by atoms with Crippen LogP contribution in [0.25, 0.3) is 0 Å². The molecule has 1 aliphatic heterocycles. The lowest BCUT2D eigenvalue weighted by Gasteiger charge is -2.07. The topological polar surface area (TPSA) is 58.2 Å². The van der Waals surface area contributed by atoms with Gasteiger partial charge in [-0.3, -0.25) is 4.79 Å². The van der Waals surface area contributed by atoms with E-state index in [-0.39, 0.29) is 10.8 Å². The Bertz CT molecular complexity index is 502. The van der Waals surface area contributed by atoms with E-state index < -0.39 is 11.8 Å². The molecule has 17 heavy (non-hydrogen) atoms. The molecule has 2 amide bonds. The van der Waals surface area contributed by atoms with Crippen LogP contribution in [0.3, 0.4) is 0 Å². The molecule has 1 aromatic rings. The summed E-state index contributed by atoms with van der Waals surface area (Å²) >= 11 is 1.11. The number of amides is 2. The lowest BCUT2D eigenvalue weighted by Crippen LogP contribution is -2.28. The summed E-state index contributed by atoms with van der Waals surface area (Å²) in [5.74, 6) is -0.0720. The number of benzene rings is 1. The van der Waals surface area contributed by atoms with Gasteiger partial charge in [-0.25, -0.2) is 9.18 Å². The zero-order chi connectivity index (χ0) is 12.3. The third-order valence-corrected chi connectivity index (χ3v) is 2.92. The van der Waals surface area contributed by atoms with Crippen molar-refractivity contribution < 1.29 is 14.0 Å². The maximum atomic E-state index is 13.2. The number of nitrogens with one attached hydrogen (secondary N) is 2. The van der Waals surface area contributed by atoms with Crippen LogP contribution in [-0.2, 0) is 4.79 Å². The van der Waals surface area contributed by atoms with Crippen molar-refractivity contribution in [2.45, 2.75) is 0 Å². The molecular weight excluding hydrogens is 243 g/mol. The van der Waals surface area contributed by atoms with Crippen molar-refractivity contribution in [2.75, 3.05) is 11.1 Å². The van der Waals surface area contributed by atoms with E-state index in [0.29, 0.717) is 11.4 Å². The molecule has 6 heteroatoms. The third-order valence-electron chi connectivity index (χ3n) is 2.06. The van der Waals surface area contributed by atoms with Crippen molar-refractivity contribution in [3.05, 3.63) is 41.9 Å². The second-order valence-corrected chi connectivity index (χ2v) is 4.32. The van der Waals surface area contributed by atoms with Gasteiger partial charge in [0.25, 0.3) is 0 Å². The monoisotopic (exact) mass is 252 g/mol. The highest BCUT2D eigenvalue weighted by atomic mass is 32.2.